The van der Waals surface area contributed by atoms with Crippen LogP contribution in [0.3, 0.4) is 0 Å². The SMILES string of the molecule is CCOC(=O)C(CCCc1ccc(OC)cc1)N(C)c1ccc(OC)cc1. The number of nitrogens with zero attached hydrogens (tertiary/aromatic N) is 1. The Morgan fingerprint density at radius 1 is 0.963 bits per heavy atom. The summed E-state index contributed by atoms with van der Waals surface area (Å²) in [5.41, 5.74) is 2.18. The third-order valence-electron chi connectivity index (χ3n) is 4.61. The molecule has 0 radical (unpaired) electrons. The molecule has 0 heterocycles. The van der Waals surface area contributed by atoms with E-state index in [0.29, 0.717) is 13.0 Å². The second-order valence-corrected chi connectivity index (χ2v) is 6.32. The largest absolute Gasteiger partial charge is 0.497 e. The Labute approximate surface area is 161 Å². The van der Waals surface area contributed by atoms with E-state index in [0.717, 1.165) is 30.0 Å². The van der Waals surface area contributed by atoms with Gasteiger partial charge in [0.05, 0.1) is 20.8 Å². The normalized spacial score (nSPS) is 11.6. The number of carbonyl (C=O) groups is 1. The molecule has 27 heavy (non-hydrogen) atoms. The minimum absolute atomic E-state index is 0.189. The number of rotatable bonds is 10. The van der Waals surface area contributed by atoms with Crippen molar-refractivity contribution >= 4 is 11.7 Å². The lowest BCUT2D eigenvalue weighted by Gasteiger charge is -2.28. The van der Waals surface area contributed by atoms with Gasteiger partial charge >= 0.3 is 5.97 Å². The molecule has 1 unspecified atom stereocenters. The summed E-state index contributed by atoms with van der Waals surface area (Å²) in [6.07, 6.45) is 2.50. The first-order valence-electron chi connectivity index (χ1n) is 9.25. The molecule has 0 aliphatic carbocycles. The van der Waals surface area contributed by atoms with E-state index >= 15 is 0 Å². The summed E-state index contributed by atoms with van der Waals surface area (Å²) >= 11 is 0. The molecule has 2 rings (SSSR count). The quantitative estimate of drug-likeness (QED) is 0.589. The standard InChI is InChI=1S/C22H29NO4/c1-5-27-22(24)21(23(2)18-11-15-20(26-4)16-12-18)8-6-7-17-9-13-19(25-3)14-10-17/h9-16,21H,5-8H2,1-4H3. The number of anilines is 1. The first-order valence-corrected chi connectivity index (χ1v) is 9.25. The first-order chi connectivity index (χ1) is 13.1. The number of methoxy groups -OCH3 is 2. The van der Waals surface area contributed by atoms with Crippen molar-refractivity contribution in [2.75, 3.05) is 32.8 Å². The summed E-state index contributed by atoms with van der Waals surface area (Å²) in [5.74, 6) is 1.45. The smallest absolute Gasteiger partial charge is 0.328 e. The van der Waals surface area contributed by atoms with E-state index in [1.54, 1.807) is 14.2 Å². The van der Waals surface area contributed by atoms with Crippen LogP contribution in [-0.2, 0) is 16.0 Å². The minimum Gasteiger partial charge on any atom is -0.497 e. The number of aryl methyl sites for hydroxylation is 1. The summed E-state index contributed by atoms with van der Waals surface area (Å²) < 4.78 is 15.7. The second kappa shape index (κ2) is 10.5. The Morgan fingerprint density at radius 2 is 1.52 bits per heavy atom. The Kier molecular flexibility index (Phi) is 7.99. The molecule has 0 saturated carbocycles. The number of ether oxygens (including phenoxy) is 3. The van der Waals surface area contributed by atoms with Crippen molar-refractivity contribution < 1.29 is 19.0 Å². The molecule has 0 saturated heterocycles. The van der Waals surface area contributed by atoms with Gasteiger partial charge in [0.1, 0.15) is 17.5 Å². The lowest BCUT2D eigenvalue weighted by Crippen LogP contribution is -2.40. The second-order valence-electron chi connectivity index (χ2n) is 6.32. The van der Waals surface area contributed by atoms with Crippen molar-refractivity contribution in [1.29, 1.82) is 0 Å². The van der Waals surface area contributed by atoms with Gasteiger partial charge in [0, 0.05) is 12.7 Å². The predicted octanol–water partition coefficient (Wildman–Crippen LogP) is 4.09. The number of likely N-dealkylation sites (N-methyl/N-ethyl adjacent to an activating group) is 1. The van der Waals surface area contributed by atoms with Crippen molar-refractivity contribution in [2.24, 2.45) is 0 Å². The molecule has 0 fully saturated rings. The Hall–Kier alpha value is -2.69. The Morgan fingerprint density at radius 3 is 2.04 bits per heavy atom. The van der Waals surface area contributed by atoms with E-state index in [4.69, 9.17) is 14.2 Å². The molecule has 0 aliphatic rings. The zero-order chi connectivity index (χ0) is 19.6. The molecule has 0 bridgehead atoms. The molecule has 0 amide bonds. The lowest BCUT2D eigenvalue weighted by atomic mass is 10.0. The predicted molar refractivity (Wildman–Crippen MR) is 108 cm³/mol. The Balaban J connectivity index is 2.02. The maximum atomic E-state index is 12.5. The molecule has 1 atom stereocenters. The highest BCUT2D eigenvalue weighted by molar-refractivity contribution is 5.80. The maximum Gasteiger partial charge on any atom is 0.328 e. The summed E-state index contributed by atoms with van der Waals surface area (Å²) in [6.45, 7) is 2.21. The molecule has 5 heteroatoms. The average Bonchev–Trinajstić information content (AvgIpc) is 2.71. The van der Waals surface area contributed by atoms with Crippen LogP contribution in [0.5, 0.6) is 11.5 Å². The van der Waals surface area contributed by atoms with E-state index in [9.17, 15) is 4.79 Å². The van der Waals surface area contributed by atoms with Gasteiger partial charge in [0.2, 0.25) is 0 Å². The summed E-state index contributed by atoms with van der Waals surface area (Å²) in [5, 5.41) is 0. The van der Waals surface area contributed by atoms with Gasteiger partial charge in [0.15, 0.2) is 0 Å². The molecule has 2 aromatic carbocycles. The summed E-state index contributed by atoms with van der Waals surface area (Å²) in [7, 11) is 5.23. The van der Waals surface area contributed by atoms with Gasteiger partial charge in [-0.2, -0.15) is 0 Å². The molecule has 5 nitrogen and oxygen atoms in total. The monoisotopic (exact) mass is 371 g/mol. The van der Waals surface area contributed by atoms with Crippen molar-refractivity contribution in [3.63, 3.8) is 0 Å². The first kappa shape index (κ1) is 20.6. The van der Waals surface area contributed by atoms with Crippen LogP contribution in [0.4, 0.5) is 5.69 Å². The molecular formula is C22H29NO4. The fourth-order valence-corrected chi connectivity index (χ4v) is 3.00. The molecule has 2 aromatic rings. The van der Waals surface area contributed by atoms with Crippen LogP contribution < -0.4 is 14.4 Å². The van der Waals surface area contributed by atoms with Crippen LogP contribution in [-0.4, -0.2) is 39.9 Å². The van der Waals surface area contributed by atoms with Gasteiger partial charge in [-0.25, -0.2) is 4.79 Å². The number of esters is 1. The third-order valence-corrected chi connectivity index (χ3v) is 4.61. The van der Waals surface area contributed by atoms with Crippen LogP contribution in [0.15, 0.2) is 48.5 Å². The van der Waals surface area contributed by atoms with E-state index in [-0.39, 0.29) is 12.0 Å². The van der Waals surface area contributed by atoms with Gasteiger partial charge in [-0.1, -0.05) is 12.1 Å². The molecular weight excluding hydrogens is 342 g/mol. The van der Waals surface area contributed by atoms with Crippen molar-refractivity contribution in [3.05, 3.63) is 54.1 Å². The summed E-state index contributed by atoms with van der Waals surface area (Å²) in [6, 6.07) is 15.4. The van der Waals surface area contributed by atoms with Crippen molar-refractivity contribution in [3.8, 4) is 11.5 Å². The van der Waals surface area contributed by atoms with Crippen LogP contribution in [0.25, 0.3) is 0 Å². The molecule has 0 N–H and O–H groups in total. The number of carbonyl (C=O) groups excluding carboxylic acids is 1. The van der Waals surface area contributed by atoms with Crippen molar-refractivity contribution in [1.82, 2.24) is 0 Å². The minimum atomic E-state index is -0.323. The lowest BCUT2D eigenvalue weighted by molar-refractivity contribution is -0.144. The van der Waals surface area contributed by atoms with Gasteiger partial charge in [-0.05, 0) is 68.1 Å². The average molecular weight is 371 g/mol. The molecule has 0 aliphatic heterocycles. The van der Waals surface area contributed by atoms with Gasteiger partial charge in [-0.15, -0.1) is 0 Å². The van der Waals surface area contributed by atoms with Gasteiger partial charge in [-0.3, -0.25) is 0 Å². The Bertz CT molecular complexity index is 697. The highest BCUT2D eigenvalue weighted by Gasteiger charge is 2.24. The highest BCUT2D eigenvalue weighted by atomic mass is 16.5. The molecule has 0 aromatic heterocycles. The molecule has 146 valence electrons. The van der Waals surface area contributed by atoms with Gasteiger partial charge in [0.25, 0.3) is 0 Å². The van der Waals surface area contributed by atoms with E-state index in [1.807, 2.05) is 55.3 Å². The van der Waals surface area contributed by atoms with E-state index in [2.05, 4.69) is 12.1 Å². The van der Waals surface area contributed by atoms with E-state index in [1.165, 1.54) is 5.56 Å². The summed E-state index contributed by atoms with van der Waals surface area (Å²) in [4.78, 5) is 14.5. The number of hydrogen-bond donors (Lipinski definition) is 0. The van der Waals surface area contributed by atoms with Crippen LogP contribution in [0, 0.1) is 0 Å². The van der Waals surface area contributed by atoms with Crippen molar-refractivity contribution in [2.45, 2.75) is 32.2 Å². The maximum absolute atomic E-state index is 12.5. The van der Waals surface area contributed by atoms with Crippen LogP contribution >= 0.6 is 0 Å². The fourth-order valence-electron chi connectivity index (χ4n) is 3.00. The zero-order valence-electron chi connectivity index (χ0n) is 16.6. The zero-order valence-corrected chi connectivity index (χ0v) is 16.6. The van der Waals surface area contributed by atoms with Crippen LogP contribution in [0.2, 0.25) is 0 Å². The topological polar surface area (TPSA) is 48.0 Å². The van der Waals surface area contributed by atoms with Crippen LogP contribution in [0.1, 0.15) is 25.3 Å². The van der Waals surface area contributed by atoms with Gasteiger partial charge < -0.3 is 19.1 Å². The fraction of sp³-hybridized carbons (Fsp3) is 0.409. The number of benzene rings is 2. The molecule has 0 spiro atoms. The highest BCUT2D eigenvalue weighted by Crippen LogP contribution is 2.23. The van der Waals surface area contributed by atoms with E-state index < -0.39 is 0 Å². The number of hydrogen-bond acceptors (Lipinski definition) is 5. The third kappa shape index (κ3) is 5.91.